The number of H-pyrrole nitrogens is 1. The molecule has 0 aliphatic rings. The number of hydrogen-bond donors (Lipinski definition) is 2. The van der Waals surface area contributed by atoms with E-state index in [2.05, 4.69) is 15.3 Å². The van der Waals surface area contributed by atoms with Crippen molar-refractivity contribution in [1.29, 1.82) is 0 Å². The number of carbonyl (C=O) groups is 2. The lowest BCUT2D eigenvalue weighted by Crippen LogP contribution is -2.22. The van der Waals surface area contributed by atoms with Crippen LogP contribution in [0.5, 0.6) is 0 Å². The Kier molecular flexibility index (Phi) is 6.75. The van der Waals surface area contributed by atoms with Crippen LogP contribution in [0.1, 0.15) is 23.0 Å². The molecular weight excluding hydrogens is 404 g/mol. The fourth-order valence-electron chi connectivity index (χ4n) is 2.35. The van der Waals surface area contributed by atoms with Gasteiger partial charge in [-0.3, -0.25) is 9.59 Å². The zero-order chi connectivity index (χ0) is 21.1. The van der Waals surface area contributed by atoms with Crippen molar-refractivity contribution in [3.8, 4) is 0 Å². The van der Waals surface area contributed by atoms with Crippen LogP contribution in [0.15, 0.2) is 39.0 Å². The van der Waals surface area contributed by atoms with Crippen molar-refractivity contribution < 1.29 is 18.0 Å². The molecule has 0 aliphatic carbocycles. The van der Waals surface area contributed by atoms with Crippen LogP contribution in [-0.2, 0) is 14.8 Å². The number of rotatable bonds is 7. The Morgan fingerprint density at radius 2 is 1.96 bits per heavy atom. The van der Waals surface area contributed by atoms with E-state index in [-0.39, 0.29) is 27.0 Å². The lowest BCUT2D eigenvalue weighted by atomic mass is 10.2. The first-order chi connectivity index (χ1) is 13.0. The normalized spacial score (nSPS) is 11.5. The van der Waals surface area contributed by atoms with Gasteiger partial charge in [-0.15, -0.1) is 0 Å². The number of aryl methyl sites for hydroxylation is 1. The topological polar surface area (TPSA) is 129 Å². The van der Waals surface area contributed by atoms with Crippen LogP contribution in [-0.4, -0.2) is 54.2 Å². The number of aromatic nitrogens is 2. The Labute approximate surface area is 166 Å². The van der Waals surface area contributed by atoms with Crippen molar-refractivity contribution in [3.05, 3.63) is 46.0 Å². The molecule has 2 rings (SSSR count). The Morgan fingerprint density at radius 3 is 2.57 bits per heavy atom. The summed E-state index contributed by atoms with van der Waals surface area (Å²) in [6.07, 6.45) is 0. The summed E-state index contributed by atoms with van der Waals surface area (Å²) in [7, 11) is -0.790. The number of hydrogen-bond acceptors (Lipinski definition) is 7. The van der Waals surface area contributed by atoms with E-state index >= 15 is 0 Å². The van der Waals surface area contributed by atoms with Crippen LogP contribution in [0.4, 0.5) is 5.69 Å². The summed E-state index contributed by atoms with van der Waals surface area (Å²) in [6, 6.07) is 5.87. The monoisotopic (exact) mass is 424 g/mol. The molecule has 0 saturated carbocycles. The molecule has 1 amide bonds. The van der Waals surface area contributed by atoms with Crippen molar-refractivity contribution in [2.75, 3.05) is 25.2 Å². The van der Waals surface area contributed by atoms with Gasteiger partial charge >= 0.3 is 5.69 Å². The number of amides is 1. The van der Waals surface area contributed by atoms with E-state index in [4.69, 9.17) is 0 Å². The van der Waals surface area contributed by atoms with Gasteiger partial charge in [0.05, 0.1) is 16.2 Å². The number of aromatic amines is 1. The summed E-state index contributed by atoms with van der Waals surface area (Å²) in [5.41, 5.74) is 0.357. The van der Waals surface area contributed by atoms with Crippen LogP contribution in [0.2, 0.25) is 0 Å². The van der Waals surface area contributed by atoms with Gasteiger partial charge in [-0.05, 0) is 32.0 Å². The van der Waals surface area contributed by atoms with Crippen LogP contribution < -0.4 is 11.0 Å². The van der Waals surface area contributed by atoms with E-state index < -0.39 is 21.6 Å². The molecule has 1 aromatic heterocycles. The number of Topliss-reactive ketones (excluding diaryl/α,β-unsaturated/α-hetero) is 1. The largest absolute Gasteiger partial charge is 0.346 e. The van der Waals surface area contributed by atoms with E-state index in [0.717, 1.165) is 16.1 Å². The highest BCUT2D eigenvalue weighted by Crippen LogP contribution is 2.22. The highest BCUT2D eigenvalue weighted by molar-refractivity contribution is 8.00. The second kappa shape index (κ2) is 8.67. The maximum Gasteiger partial charge on any atom is 0.346 e. The fourth-order valence-corrected chi connectivity index (χ4v) is 4.23. The Hall–Kier alpha value is -2.50. The van der Waals surface area contributed by atoms with E-state index in [1.54, 1.807) is 13.0 Å². The van der Waals surface area contributed by atoms with Crippen LogP contribution in [0, 0.1) is 6.92 Å². The Morgan fingerprint density at radius 1 is 1.29 bits per heavy atom. The lowest BCUT2D eigenvalue weighted by Gasteiger charge is -2.13. The number of sulfonamides is 1. The molecule has 0 fully saturated rings. The van der Waals surface area contributed by atoms with Gasteiger partial charge in [-0.2, -0.15) is 4.98 Å². The molecule has 0 radical (unpaired) electrons. The molecule has 0 unspecified atom stereocenters. The zero-order valence-electron chi connectivity index (χ0n) is 15.8. The number of ketones is 1. The van der Waals surface area contributed by atoms with Crippen LogP contribution in [0.25, 0.3) is 0 Å². The molecule has 0 saturated heterocycles. The molecule has 0 bridgehead atoms. The van der Waals surface area contributed by atoms with E-state index in [1.807, 2.05) is 0 Å². The average molecular weight is 425 g/mol. The summed E-state index contributed by atoms with van der Waals surface area (Å²) >= 11 is 0.955. The van der Waals surface area contributed by atoms with E-state index in [9.17, 15) is 22.8 Å². The van der Waals surface area contributed by atoms with Crippen molar-refractivity contribution in [2.45, 2.75) is 23.8 Å². The molecule has 11 heteroatoms. The van der Waals surface area contributed by atoms with Crippen molar-refractivity contribution in [2.24, 2.45) is 0 Å². The first-order valence-electron chi connectivity index (χ1n) is 8.09. The summed E-state index contributed by atoms with van der Waals surface area (Å²) < 4.78 is 25.4. The molecule has 0 atom stereocenters. The van der Waals surface area contributed by atoms with E-state index in [0.29, 0.717) is 11.4 Å². The number of thioether (sulfide) groups is 1. The predicted molar refractivity (Wildman–Crippen MR) is 106 cm³/mol. The standard InChI is InChI=1S/C17H20N4O5S2/c1-10-15(11(2)22)16(20-17(24)18-10)27-9-14(23)19-12-6-5-7-13(8-12)28(25,26)21(3)4/h5-8H,9H2,1-4H3,(H,19,23)(H,18,20,24). The molecule has 28 heavy (non-hydrogen) atoms. The maximum atomic E-state index is 12.2. The fraction of sp³-hybridized carbons (Fsp3) is 0.294. The third-order valence-electron chi connectivity index (χ3n) is 3.67. The number of nitrogens with zero attached hydrogens (tertiary/aromatic N) is 2. The molecule has 0 spiro atoms. The summed E-state index contributed by atoms with van der Waals surface area (Å²) in [4.78, 5) is 41.9. The Bertz CT molecular complexity index is 1080. The first-order valence-corrected chi connectivity index (χ1v) is 10.5. The highest BCUT2D eigenvalue weighted by atomic mass is 32.2. The molecule has 1 heterocycles. The molecular formula is C17H20N4O5S2. The maximum absolute atomic E-state index is 12.2. The third-order valence-corrected chi connectivity index (χ3v) is 6.46. The van der Waals surface area contributed by atoms with Crippen LogP contribution in [0.3, 0.4) is 0 Å². The van der Waals surface area contributed by atoms with Gasteiger partial charge in [0, 0.05) is 25.5 Å². The second-order valence-electron chi connectivity index (χ2n) is 6.06. The minimum atomic E-state index is -3.62. The van der Waals surface area contributed by atoms with Gasteiger partial charge in [0.2, 0.25) is 15.9 Å². The van der Waals surface area contributed by atoms with Gasteiger partial charge < -0.3 is 10.3 Å². The van der Waals surface area contributed by atoms with Crippen LogP contribution >= 0.6 is 11.8 Å². The highest BCUT2D eigenvalue weighted by Gasteiger charge is 2.18. The SMILES string of the molecule is CC(=O)c1c(SCC(=O)Nc2cccc(S(=O)(=O)N(C)C)c2)nc(=O)[nH]c1C. The lowest BCUT2D eigenvalue weighted by molar-refractivity contribution is -0.113. The van der Waals surface area contributed by atoms with E-state index in [1.165, 1.54) is 39.2 Å². The Balaban J connectivity index is 2.15. The number of benzene rings is 1. The summed E-state index contributed by atoms with van der Waals surface area (Å²) in [5.74, 6) is -0.815. The minimum absolute atomic E-state index is 0.0497. The molecule has 0 aliphatic heterocycles. The molecule has 9 nitrogen and oxygen atoms in total. The number of anilines is 1. The average Bonchev–Trinajstić information content (AvgIpc) is 2.59. The summed E-state index contributed by atoms with van der Waals surface area (Å²) in [5, 5.41) is 2.77. The predicted octanol–water partition coefficient (Wildman–Crippen LogP) is 1.26. The molecule has 2 aromatic rings. The quantitative estimate of drug-likeness (QED) is 0.389. The molecule has 2 N–H and O–H groups in total. The van der Waals surface area contributed by atoms with Crippen molar-refractivity contribution in [1.82, 2.24) is 14.3 Å². The number of nitrogens with one attached hydrogen (secondary N) is 2. The van der Waals surface area contributed by atoms with Gasteiger partial charge in [0.25, 0.3) is 0 Å². The van der Waals surface area contributed by atoms with Gasteiger partial charge in [-0.25, -0.2) is 17.5 Å². The number of carbonyl (C=O) groups excluding carboxylic acids is 2. The van der Waals surface area contributed by atoms with Gasteiger partial charge in [0.15, 0.2) is 5.78 Å². The smallest absolute Gasteiger partial charge is 0.325 e. The third kappa shape index (κ3) is 5.06. The molecule has 1 aromatic carbocycles. The van der Waals surface area contributed by atoms with Crippen molar-refractivity contribution in [3.63, 3.8) is 0 Å². The van der Waals surface area contributed by atoms with Gasteiger partial charge in [0.1, 0.15) is 5.03 Å². The van der Waals surface area contributed by atoms with Gasteiger partial charge in [-0.1, -0.05) is 17.8 Å². The second-order valence-corrected chi connectivity index (χ2v) is 9.17. The summed E-state index contributed by atoms with van der Waals surface area (Å²) in [6.45, 7) is 2.93. The minimum Gasteiger partial charge on any atom is -0.325 e. The zero-order valence-corrected chi connectivity index (χ0v) is 17.4. The first kappa shape index (κ1) is 21.8. The molecule has 150 valence electrons. The van der Waals surface area contributed by atoms with Crippen molar-refractivity contribution >= 4 is 39.2 Å².